The maximum Gasteiger partial charge on any atom is 0.126 e. The van der Waals surface area contributed by atoms with Gasteiger partial charge in [-0.1, -0.05) is 35.9 Å². The van der Waals surface area contributed by atoms with Crippen LogP contribution in [0.15, 0.2) is 24.8 Å². The van der Waals surface area contributed by atoms with E-state index in [4.69, 9.17) is 27.9 Å². The minimum atomic E-state index is -1.22. The maximum absolute atomic E-state index is 12.7. The van der Waals surface area contributed by atoms with Crippen LogP contribution in [0.3, 0.4) is 0 Å². The van der Waals surface area contributed by atoms with Crippen LogP contribution in [0.5, 0.6) is 5.75 Å². The highest BCUT2D eigenvalue weighted by molar-refractivity contribution is 7.84. The summed E-state index contributed by atoms with van der Waals surface area (Å²) in [6.07, 6.45) is 2.67. The lowest BCUT2D eigenvalue weighted by molar-refractivity contribution is 0.345. The van der Waals surface area contributed by atoms with Crippen LogP contribution in [0.25, 0.3) is 0 Å². The van der Waals surface area contributed by atoms with Crippen molar-refractivity contribution in [3.05, 3.63) is 40.4 Å². The molecular formula is C18H26Cl2N2O2S. The number of rotatable bonds is 7. The van der Waals surface area contributed by atoms with Crippen molar-refractivity contribution < 1.29 is 8.95 Å². The highest BCUT2D eigenvalue weighted by atomic mass is 35.5. The zero-order valence-corrected chi connectivity index (χ0v) is 17.2. The Balaban J connectivity index is 2.43. The normalized spacial score (nSPS) is 20.3. The number of hydrogen-bond acceptors (Lipinski definition) is 3. The summed E-state index contributed by atoms with van der Waals surface area (Å²) in [5.41, 5.74) is 0.877. The van der Waals surface area contributed by atoms with Crippen molar-refractivity contribution in [3.63, 3.8) is 0 Å². The molecule has 1 heterocycles. The molecule has 0 radical (unpaired) electrons. The largest absolute Gasteiger partial charge is 0.489 e. The molecule has 4 nitrogen and oxygen atoms in total. The summed E-state index contributed by atoms with van der Waals surface area (Å²) in [7, 11) is -1.22. The molecule has 0 spiro atoms. The molecule has 2 unspecified atom stereocenters. The van der Waals surface area contributed by atoms with Crippen LogP contribution < -0.4 is 14.8 Å². The molecule has 1 aromatic rings. The molecule has 1 aliphatic heterocycles. The second-order valence-corrected chi connectivity index (χ2v) is 9.95. The topological polar surface area (TPSA) is 50.4 Å². The minimum Gasteiger partial charge on any atom is -0.489 e. The molecule has 0 aromatic heterocycles. The summed E-state index contributed by atoms with van der Waals surface area (Å²) in [5.74, 6) is 0.930. The molecule has 0 aliphatic carbocycles. The quantitative estimate of drug-likeness (QED) is 0.667. The molecule has 0 amide bonds. The van der Waals surface area contributed by atoms with Gasteiger partial charge in [0, 0.05) is 11.6 Å². The highest BCUT2D eigenvalue weighted by Gasteiger charge is 2.33. The van der Waals surface area contributed by atoms with E-state index in [9.17, 15) is 4.21 Å². The molecule has 1 fully saturated rings. The van der Waals surface area contributed by atoms with Crippen molar-refractivity contribution in [1.29, 1.82) is 0 Å². The van der Waals surface area contributed by atoms with Crippen LogP contribution in [0, 0.1) is 5.92 Å². The van der Waals surface area contributed by atoms with E-state index in [1.165, 1.54) is 0 Å². The molecule has 1 saturated heterocycles. The van der Waals surface area contributed by atoms with E-state index in [2.05, 4.69) is 16.6 Å². The fraction of sp³-hybridized carbons (Fsp3) is 0.556. The lowest BCUT2D eigenvalue weighted by atomic mass is 9.92. The first-order valence-electron chi connectivity index (χ1n) is 8.35. The average Bonchev–Trinajstić information content (AvgIpc) is 3.06. The van der Waals surface area contributed by atoms with Crippen LogP contribution >= 0.6 is 23.2 Å². The van der Waals surface area contributed by atoms with E-state index in [1.54, 1.807) is 12.1 Å². The summed E-state index contributed by atoms with van der Waals surface area (Å²) in [4.78, 5) is 0. The molecule has 25 heavy (non-hydrogen) atoms. The zero-order valence-electron chi connectivity index (χ0n) is 14.9. The molecule has 1 aliphatic rings. The summed E-state index contributed by atoms with van der Waals surface area (Å²) in [5, 5.41) is 4.26. The Morgan fingerprint density at radius 3 is 2.68 bits per heavy atom. The van der Waals surface area contributed by atoms with E-state index in [0.717, 1.165) is 25.1 Å². The first-order valence-corrected chi connectivity index (χ1v) is 10.3. The molecule has 3 atom stereocenters. The molecule has 140 valence electrons. The smallest absolute Gasteiger partial charge is 0.126 e. The van der Waals surface area contributed by atoms with Crippen LogP contribution in [0.2, 0.25) is 10.0 Å². The average molecular weight is 405 g/mol. The number of benzene rings is 1. The van der Waals surface area contributed by atoms with Gasteiger partial charge in [0.15, 0.2) is 0 Å². The monoisotopic (exact) mass is 404 g/mol. The van der Waals surface area contributed by atoms with E-state index in [1.807, 2.05) is 26.8 Å². The van der Waals surface area contributed by atoms with Gasteiger partial charge in [-0.2, -0.15) is 0 Å². The fourth-order valence-corrected chi connectivity index (χ4v) is 3.96. The molecule has 0 bridgehead atoms. The van der Waals surface area contributed by atoms with Gasteiger partial charge in [-0.3, -0.25) is 0 Å². The van der Waals surface area contributed by atoms with Crippen molar-refractivity contribution in [2.24, 2.45) is 5.92 Å². The SMILES string of the molecule is C=CCOc1cc(Cl)c(Cl)cc1C(NS(=O)C(C)(C)C)[C@@H]1CCNC1. The lowest BCUT2D eigenvalue weighted by Gasteiger charge is -2.29. The first-order chi connectivity index (χ1) is 11.7. The molecule has 2 N–H and O–H groups in total. The Labute approximate surface area is 162 Å². The standard InChI is InChI=1S/C18H26Cl2N2O2S/c1-5-8-24-16-10-15(20)14(19)9-13(16)17(12-6-7-21-11-12)22-25(23)18(2,3)4/h5,9-10,12,17,21-22H,1,6-8,11H2,2-4H3/t12-,17?,25?/m1/s1. The summed E-state index contributed by atoms with van der Waals surface area (Å²) in [6.45, 7) is 11.7. The van der Waals surface area contributed by atoms with E-state index in [0.29, 0.717) is 22.4 Å². The Morgan fingerprint density at radius 1 is 1.44 bits per heavy atom. The van der Waals surface area contributed by atoms with Gasteiger partial charge in [0.1, 0.15) is 12.4 Å². The summed E-state index contributed by atoms with van der Waals surface area (Å²) < 4.78 is 21.5. The third-order valence-electron chi connectivity index (χ3n) is 4.10. The molecule has 1 aromatic carbocycles. The maximum atomic E-state index is 12.7. The Morgan fingerprint density at radius 2 is 2.12 bits per heavy atom. The Kier molecular flexibility index (Phi) is 7.35. The van der Waals surface area contributed by atoms with Crippen molar-refractivity contribution in [2.45, 2.75) is 38.0 Å². The van der Waals surface area contributed by atoms with Gasteiger partial charge in [-0.25, -0.2) is 8.93 Å². The van der Waals surface area contributed by atoms with Crippen molar-refractivity contribution in [2.75, 3.05) is 19.7 Å². The highest BCUT2D eigenvalue weighted by Crippen LogP contribution is 2.39. The van der Waals surface area contributed by atoms with Crippen LogP contribution in [0.1, 0.15) is 38.8 Å². The predicted molar refractivity (Wildman–Crippen MR) is 107 cm³/mol. The van der Waals surface area contributed by atoms with E-state index >= 15 is 0 Å². The van der Waals surface area contributed by atoms with Gasteiger partial charge in [0.2, 0.25) is 0 Å². The number of ether oxygens (including phenoxy) is 1. The third kappa shape index (κ3) is 5.44. The third-order valence-corrected chi connectivity index (χ3v) is 6.41. The van der Waals surface area contributed by atoms with Gasteiger partial charge in [-0.05, 0) is 52.3 Å². The molecular weight excluding hydrogens is 379 g/mol. The van der Waals surface area contributed by atoms with Crippen LogP contribution in [-0.4, -0.2) is 28.7 Å². The lowest BCUT2D eigenvalue weighted by Crippen LogP contribution is -2.39. The molecule has 2 rings (SSSR count). The minimum absolute atomic E-state index is 0.148. The van der Waals surface area contributed by atoms with Crippen molar-refractivity contribution >= 4 is 34.2 Å². The molecule has 7 heteroatoms. The van der Waals surface area contributed by atoms with Crippen molar-refractivity contribution in [1.82, 2.24) is 10.0 Å². The Hall–Kier alpha value is -0.590. The second kappa shape index (κ2) is 8.87. The predicted octanol–water partition coefficient (Wildman–Crippen LogP) is 4.26. The summed E-state index contributed by atoms with van der Waals surface area (Å²) >= 11 is 12.4. The van der Waals surface area contributed by atoms with E-state index < -0.39 is 11.0 Å². The fourth-order valence-electron chi connectivity index (χ4n) is 2.73. The van der Waals surface area contributed by atoms with E-state index in [-0.39, 0.29) is 16.7 Å². The van der Waals surface area contributed by atoms with Crippen molar-refractivity contribution in [3.8, 4) is 5.75 Å². The first kappa shape index (κ1) is 20.7. The van der Waals surface area contributed by atoms with Crippen LogP contribution in [0.4, 0.5) is 0 Å². The van der Waals surface area contributed by atoms with Gasteiger partial charge in [-0.15, -0.1) is 0 Å². The number of halogens is 2. The second-order valence-electron chi connectivity index (χ2n) is 7.13. The molecule has 0 saturated carbocycles. The van der Waals surface area contributed by atoms with Gasteiger partial charge in [0.05, 0.1) is 31.8 Å². The number of nitrogens with one attached hydrogen (secondary N) is 2. The summed E-state index contributed by atoms with van der Waals surface area (Å²) in [6, 6.07) is 3.39. The van der Waals surface area contributed by atoms with Gasteiger partial charge >= 0.3 is 0 Å². The Bertz CT molecular complexity index is 641. The van der Waals surface area contributed by atoms with Crippen LogP contribution in [-0.2, 0) is 11.0 Å². The number of hydrogen-bond donors (Lipinski definition) is 2. The zero-order chi connectivity index (χ0) is 18.6. The van der Waals surface area contributed by atoms with Gasteiger partial charge < -0.3 is 10.1 Å². The van der Waals surface area contributed by atoms with Gasteiger partial charge in [0.25, 0.3) is 0 Å².